The molecule has 0 saturated heterocycles. The Morgan fingerprint density at radius 3 is 2.39 bits per heavy atom. The number of aromatic nitrogens is 2. The average Bonchev–Trinajstić information content (AvgIpc) is 2.75. The summed E-state index contributed by atoms with van der Waals surface area (Å²) in [6.07, 6.45) is 4.55. The zero-order valence-corrected chi connectivity index (χ0v) is 17.3. The highest BCUT2D eigenvalue weighted by molar-refractivity contribution is 5.96. The van der Waals surface area contributed by atoms with E-state index in [0.29, 0.717) is 17.0 Å². The monoisotopic (exact) mass is 409 g/mol. The largest absolute Gasteiger partial charge is 0.438 e. The van der Waals surface area contributed by atoms with E-state index in [1.165, 1.54) is 19.2 Å². The van der Waals surface area contributed by atoms with Crippen LogP contribution in [0, 0.1) is 36.5 Å². The van der Waals surface area contributed by atoms with Gasteiger partial charge in [0.05, 0.1) is 23.3 Å². The fraction of sp³-hybridized carbons (Fsp3) is 0.125. The third kappa shape index (κ3) is 5.11. The molecule has 0 atom stereocenters. The van der Waals surface area contributed by atoms with Crippen LogP contribution in [0.4, 0.5) is 11.6 Å². The molecule has 0 spiro atoms. The number of ether oxygens (including phenoxy) is 1. The number of nitriles is 2. The van der Waals surface area contributed by atoms with Crippen LogP contribution in [0.2, 0.25) is 0 Å². The summed E-state index contributed by atoms with van der Waals surface area (Å²) in [7, 11) is 0. The quantitative estimate of drug-likeness (QED) is 0.437. The van der Waals surface area contributed by atoms with Crippen LogP contribution < -0.4 is 10.1 Å². The van der Waals surface area contributed by atoms with E-state index in [4.69, 9.17) is 15.3 Å². The Morgan fingerprint density at radius 1 is 1.13 bits per heavy atom. The van der Waals surface area contributed by atoms with Crippen LogP contribution in [-0.2, 0) is 0 Å². The van der Waals surface area contributed by atoms with Gasteiger partial charge in [0.2, 0.25) is 11.8 Å². The first-order valence-corrected chi connectivity index (χ1v) is 9.41. The minimum Gasteiger partial charge on any atom is -0.438 e. The molecule has 3 aromatic rings. The van der Waals surface area contributed by atoms with Gasteiger partial charge >= 0.3 is 0 Å². The number of benzene rings is 2. The van der Waals surface area contributed by atoms with Crippen LogP contribution in [0.1, 0.15) is 39.5 Å². The Labute approximate surface area is 180 Å². The van der Waals surface area contributed by atoms with Gasteiger partial charge in [-0.2, -0.15) is 15.5 Å². The van der Waals surface area contributed by atoms with Gasteiger partial charge in [0, 0.05) is 18.0 Å². The molecule has 152 valence electrons. The van der Waals surface area contributed by atoms with Crippen LogP contribution in [-0.4, -0.2) is 15.8 Å². The number of aryl methyl sites for hydroxylation is 2. The molecule has 0 saturated carbocycles. The highest BCUT2D eigenvalue weighted by Crippen LogP contribution is 2.32. The average molecular weight is 409 g/mol. The van der Waals surface area contributed by atoms with Gasteiger partial charge in [0.15, 0.2) is 5.78 Å². The van der Waals surface area contributed by atoms with E-state index in [9.17, 15) is 4.79 Å². The summed E-state index contributed by atoms with van der Waals surface area (Å²) >= 11 is 0. The molecule has 1 N–H and O–H groups in total. The fourth-order valence-electron chi connectivity index (χ4n) is 2.97. The number of carbonyl (C=O) groups is 1. The predicted octanol–water partition coefficient (Wildman–Crippen LogP) is 5.24. The number of hydrogen-bond acceptors (Lipinski definition) is 7. The number of carbonyl (C=O) groups excluding carboxylic acids is 1. The molecule has 0 fully saturated rings. The Balaban J connectivity index is 1.95. The van der Waals surface area contributed by atoms with Crippen LogP contribution in [0.3, 0.4) is 0 Å². The first kappa shape index (κ1) is 21.2. The molecule has 3 rings (SSSR count). The van der Waals surface area contributed by atoms with Crippen molar-refractivity contribution in [1.29, 1.82) is 10.5 Å². The summed E-state index contributed by atoms with van der Waals surface area (Å²) in [5.74, 6) is 0.766. The second-order valence-corrected chi connectivity index (χ2v) is 6.83. The maximum atomic E-state index is 12.1. The van der Waals surface area contributed by atoms with Crippen LogP contribution in [0.15, 0.2) is 48.7 Å². The van der Waals surface area contributed by atoms with Gasteiger partial charge in [-0.25, -0.2) is 4.98 Å². The lowest BCUT2D eigenvalue weighted by molar-refractivity contribution is 0.101. The van der Waals surface area contributed by atoms with Gasteiger partial charge in [-0.05, 0) is 79.9 Å². The van der Waals surface area contributed by atoms with Crippen molar-refractivity contribution in [3.8, 4) is 23.8 Å². The second-order valence-electron chi connectivity index (χ2n) is 6.83. The Bertz CT molecular complexity index is 1230. The van der Waals surface area contributed by atoms with Crippen molar-refractivity contribution < 1.29 is 9.53 Å². The lowest BCUT2D eigenvalue weighted by atomic mass is 10.1. The zero-order valence-electron chi connectivity index (χ0n) is 17.3. The van der Waals surface area contributed by atoms with Gasteiger partial charge in [-0.15, -0.1) is 0 Å². The molecule has 0 unspecified atom stereocenters. The molecular formula is C24H19N5O2. The number of nitrogens with one attached hydrogen (secondary N) is 1. The van der Waals surface area contributed by atoms with Crippen LogP contribution in [0.25, 0.3) is 6.08 Å². The van der Waals surface area contributed by atoms with Gasteiger partial charge in [-0.3, -0.25) is 4.79 Å². The minimum atomic E-state index is -0.219. The zero-order chi connectivity index (χ0) is 22.4. The number of Topliss-reactive ketones (excluding diaryl/α,β-unsaturated/α-hetero) is 1. The van der Waals surface area contributed by atoms with E-state index in [1.54, 1.807) is 30.3 Å². The van der Waals surface area contributed by atoms with Crippen molar-refractivity contribution in [1.82, 2.24) is 9.97 Å². The summed E-state index contributed by atoms with van der Waals surface area (Å²) in [5, 5.41) is 20.7. The van der Waals surface area contributed by atoms with Gasteiger partial charge in [-0.1, -0.05) is 0 Å². The SMILES string of the molecule is CC(=O)c1cnc(Nc2ccc(C#N)cc2)nc1Oc1c(C)cc(/C=C/C#N)cc1C. The number of nitrogens with zero attached hydrogens (tertiary/aromatic N) is 4. The van der Waals surface area contributed by atoms with E-state index in [1.807, 2.05) is 32.0 Å². The van der Waals surface area contributed by atoms with Crippen molar-refractivity contribution in [3.05, 3.63) is 76.5 Å². The molecule has 0 bridgehead atoms. The van der Waals surface area contributed by atoms with Gasteiger partial charge in [0.25, 0.3) is 0 Å². The Hall–Kier alpha value is -4.49. The van der Waals surface area contributed by atoms with E-state index >= 15 is 0 Å². The molecule has 31 heavy (non-hydrogen) atoms. The molecule has 7 nitrogen and oxygen atoms in total. The number of hydrogen-bond donors (Lipinski definition) is 1. The lowest BCUT2D eigenvalue weighted by Crippen LogP contribution is -2.06. The van der Waals surface area contributed by atoms with E-state index in [0.717, 1.165) is 16.7 Å². The molecule has 0 amide bonds. The van der Waals surface area contributed by atoms with Crippen molar-refractivity contribution in [3.63, 3.8) is 0 Å². The summed E-state index contributed by atoms with van der Waals surface area (Å²) in [6.45, 7) is 5.20. The fourth-order valence-corrected chi connectivity index (χ4v) is 2.97. The molecule has 7 heteroatoms. The second kappa shape index (κ2) is 9.34. The Kier molecular flexibility index (Phi) is 6.39. The standard InChI is InChI=1S/C24H19N5O2/c1-15-11-19(5-4-10-25)12-16(2)22(15)31-23-21(17(3)30)14-27-24(29-23)28-20-8-6-18(13-26)7-9-20/h4-9,11-12,14H,1-3H3,(H,27,28,29)/b5-4+. The van der Waals surface area contributed by atoms with Crippen molar-refractivity contribution in [2.24, 2.45) is 0 Å². The normalized spacial score (nSPS) is 10.4. The molecule has 0 aliphatic heterocycles. The highest BCUT2D eigenvalue weighted by atomic mass is 16.5. The maximum absolute atomic E-state index is 12.1. The first-order valence-electron chi connectivity index (χ1n) is 9.41. The van der Waals surface area contributed by atoms with E-state index in [-0.39, 0.29) is 23.2 Å². The smallest absolute Gasteiger partial charge is 0.235 e. The molecule has 0 radical (unpaired) electrons. The van der Waals surface area contributed by atoms with E-state index < -0.39 is 0 Å². The summed E-state index contributed by atoms with van der Waals surface area (Å²) in [6, 6.07) is 14.7. The third-order valence-electron chi connectivity index (χ3n) is 4.43. The molecular weight excluding hydrogens is 390 g/mol. The lowest BCUT2D eigenvalue weighted by Gasteiger charge is -2.15. The van der Waals surface area contributed by atoms with Crippen LogP contribution >= 0.6 is 0 Å². The summed E-state index contributed by atoms with van der Waals surface area (Å²) in [4.78, 5) is 20.7. The highest BCUT2D eigenvalue weighted by Gasteiger charge is 2.16. The number of ketones is 1. The molecule has 1 aromatic heterocycles. The van der Waals surface area contributed by atoms with Crippen molar-refractivity contribution in [2.45, 2.75) is 20.8 Å². The first-order chi connectivity index (χ1) is 14.9. The Morgan fingerprint density at radius 2 is 1.81 bits per heavy atom. The third-order valence-corrected chi connectivity index (χ3v) is 4.43. The summed E-state index contributed by atoms with van der Waals surface area (Å²) < 4.78 is 6.06. The van der Waals surface area contributed by atoms with Crippen molar-refractivity contribution in [2.75, 3.05) is 5.32 Å². The molecule has 0 aliphatic carbocycles. The summed E-state index contributed by atoms with van der Waals surface area (Å²) in [5.41, 5.74) is 4.06. The van der Waals surface area contributed by atoms with Crippen molar-refractivity contribution >= 4 is 23.5 Å². The van der Waals surface area contributed by atoms with Gasteiger partial charge in [0.1, 0.15) is 5.75 Å². The molecule has 2 aromatic carbocycles. The van der Waals surface area contributed by atoms with Gasteiger partial charge < -0.3 is 10.1 Å². The number of allylic oxidation sites excluding steroid dienone is 1. The van der Waals surface area contributed by atoms with Crippen LogP contribution in [0.5, 0.6) is 11.6 Å². The minimum absolute atomic E-state index is 0.144. The number of rotatable bonds is 6. The predicted molar refractivity (Wildman–Crippen MR) is 117 cm³/mol. The number of anilines is 2. The maximum Gasteiger partial charge on any atom is 0.235 e. The topological polar surface area (TPSA) is 112 Å². The molecule has 1 heterocycles. The van der Waals surface area contributed by atoms with E-state index in [2.05, 4.69) is 21.4 Å². The molecule has 0 aliphatic rings.